The molecule has 1 unspecified atom stereocenters. The fraction of sp³-hybridized carbons (Fsp3) is 0.667. The highest BCUT2D eigenvalue weighted by Gasteiger charge is 2.35. The van der Waals surface area contributed by atoms with Gasteiger partial charge >= 0.3 is 0 Å². The predicted molar refractivity (Wildman–Crippen MR) is 83.1 cm³/mol. The van der Waals surface area contributed by atoms with Crippen molar-refractivity contribution in [2.75, 3.05) is 6.61 Å². The Morgan fingerprint density at radius 1 is 1.15 bits per heavy atom. The summed E-state index contributed by atoms with van der Waals surface area (Å²) in [4.78, 5) is 0. The number of rotatable bonds is 7. The first-order valence-corrected chi connectivity index (χ1v) is 8.08. The van der Waals surface area contributed by atoms with E-state index in [1.807, 2.05) is 6.92 Å². The number of fused-ring (bicyclic) bond motifs is 1. The van der Waals surface area contributed by atoms with Crippen LogP contribution in [0.25, 0.3) is 0 Å². The van der Waals surface area contributed by atoms with Gasteiger partial charge in [0.1, 0.15) is 0 Å². The van der Waals surface area contributed by atoms with Crippen molar-refractivity contribution in [3.05, 3.63) is 34.9 Å². The van der Waals surface area contributed by atoms with Crippen molar-refractivity contribution in [2.45, 2.75) is 71.0 Å². The summed E-state index contributed by atoms with van der Waals surface area (Å²) in [6, 6.07) is 6.70. The molecule has 1 aliphatic carbocycles. The van der Waals surface area contributed by atoms with E-state index < -0.39 is 11.7 Å². The first-order chi connectivity index (χ1) is 9.65. The van der Waals surface area contributed by atoms with Crippen molar-refractivity contribution in [1.82, 2.24) is 0 Å². The molecule has 2 heteroatoms. The molecular formula is C18H28O2. The van der Waals surface area contributed by atoms with Crippen LogP contribution in [0.2, 0.25) is 0 Å². The van der Waals surface area contributed by atoms with E-state index in [-0.39, 0.29) is 0 Å². The molecule has 112 valence electrons. The van der Waals surface area contributed by atoms with E-state index in [4.69, 9.17) is 4.74 Å². The zero-order chi connectivity index (χ0) is 14.6. The zero-order valence-electron chi connectivity index (χ0n) is 13.1. The van der Waals surface area contributed by atoms with Crippen LogP contribution in [0.4, 0.5) is 0 Å². The Labute approximate surface area is 123 Å². The molecule has 2 nitrogen and oxygen atoms in total. The molecule has 0 spiro atoms. The topological polar surface area (TPSA) is 29.5 Å². The van der Waals surface area contributed by atoms with Gasteiger partial charge in [0, 0.05) is 13.0 Å². The number of aryl methyl sites for hydroxylation is 2. The summed E-state index contributed by atoms with van der Waals surface area (Å²) >= 11 is 0. The van der Waals surface area contributed by atoms with Gasteiger partial charge in [-0.1, -0.05) is 32.0 Å². The molecule has 0 saturated heterocycles. The van der Waals surface area contributed by atoms with Crippen molar-refractivity contribution in [3.63, 3.8) is 0 Å². The molecule has 0 radical (unpaired) electrons. The number of aliphatic hydroxyl groups excluding tert-OH is 1. The van der Waals surface area contributed by atoms with Crippen LogP contribution >= 0.6 is 0 Å². The van der Waals surface area contributed by atoms with Gasteiger partial charge in [-0.15, -0.1) is 0 Å². The summed E-state index contributed by atoms with van der Waals surface area (Å²) in [7, 11) is 0. The van der Waals surface area contributed by atoms with Crippen LogP contribution in [-0.4, -0.2) is 23.4 Å². The van der Waals surface area contributed by atoms with E-state index in [0.717, 1.165) is 12.8 Å². The highest BCUT2D eigenvalue weighted by Crippen LogP contribution is 2.29. The number of ether oxygens (including phenoxy) is 1. The molecule has 1 aromatic rings. The molecule has 1 atom stereocenters. The highest BCUT2D eigenvalue weighted by molar-refractivity contribution is 5.35. The van der Waals surface area contributed by atoms with Crippen molar-refractivity contribution in [3.8, 4) is 0 Å². The van der Waals surface area contributed by atoms with Gasteiger partial charge in [-0.2, -0.15) is 0 Å². The number of hydrogen-bond acceptors (Lipinski definition) is 2. The van der Waals surface area contributed by atoms with Crippen LogP contribution in [0.1, 0.15) is 56.7 Å². The SMILES string of the molecule is CCOC(CC)(CC)C(O)Cc1ccc2c(c1)CCC2. The second-order valence-corrected chi connectivity index (χ2v) is 5.88. The van der Waals surface area contributed by atoms with Crippen molar-refractivity contribution in [2.24, 2.45) is 0 Å². The van der Waals surface area contributed by atoms with E-state index >= 15 is 0 Å². The Bertz CT molecular complexity index is 435. The minimum atomic E-state index is -0.433. The maximum absolute atomic E-state index is 10.7. The molecule has 0 heterocycles. The molecule has 2 rings (SSSR count). The Kier molecular flexibility index (Phi) is 5.22. The van der Waals surface area contributed by atoms with E-state index in [1.54, 1.807) is 0 Å². The Morgan fingerprint density at radius 3 is 2.50 bits per heavy atom. The fourth-order valence-corrected chi connectivity index (χ4v) is 3.47. The molecule has 0 aliphatic heterocycles. The van der Waals surface area contributed by atoms with Crippen LogP contribution in [0.5, 0.6) is 0 Å². The van der Waals surface area contributed by atoms with Crippen LogP contribution in [-0.2, 0) is 24.0 Å². The molecule has 0 bridgehead atoms. The van der Waals surface area contributed by atoms with Gasteiger partial charge in [-0.05, 0) is 55.7 Å². The van der Waals surface area contributed by atoms with E-state index in [1.165, 1.54) is 36.0 Å². The van der Waals surface area contributed by atoms with Crippen LogP contribution in [0, 0.1) is 0 Å². The van der Waals surface area contributed by atoms with Crippen LogP contribution in [0.3, 0.4) is 0 Å². The largest absolute Gasteiger partial charge is 0.390 e. The van der Waals surface area contributed by atoms with Gasteiger partial charge in [-0.3, -0.25) is 0 Å². The second kappa shape index (κ2) is 6.73. The third-order valence-corrected chi connectivity index (χ3v) is 4.83. The lowest BCUT2D eigenvalue weighted by molar-refractivity contribution is -0.124. The summed E-state index contributed by atoms with van der Waals surface area (Å²) in [6.07, 6.45) is 5.63. The first-order valence-electron chi connectivity index (χ1n) is 8.08. The molecule has 20 heavy (non-hydrogen) atoms. The van der Waals surface area contributed by atoms with Crippen molar-refractivity contribution < 1.29 is 9.84 Å². The van der Waals surface area contributed by atoms with Gasteiger partial charge in [0.15, 0.2) is 0 Å². The normalized spacial score (nSPS) is 16.2. The minimum Gasteiger partial charge on any atom is -0.390 e. The monoisotopic (exact) mass is 276 g/mol. The maximum atomic E-state index is 10.7. The van der Waals surface area contributed by atoms with Gasteiger partial charge in [0.2, 0.25) is 0 Å². The van der Waals surface area contributed by atoms with E-state index in [9.17, 15) is 5.11 Å². The molecule has 0 fully saturated rings. The Morgan fingerprint density at radius 2 is 1.85 bits per heavy atom. The lowest BCUT2D eigenvalue weighted by Gasteiger charge is -2.36. The van der Waals surface area contributed by atoms with E-state index in [2.05, 4.69) is 32.0 Å². The quantitative estimate of drug-likeness (QED) is 0.823. The van der Waals surface area contributed by atoms with Gasteiger partial charge in [0.25, 0.3) is 0 Å². The van der Waals surface area contributed by atoms with Gasteiger partial charge in [0.05, 0.1) is 11.7 Å². The molecule has 1 aliphatic rings. The number of benzene rings is 1. The third kappa shape index (κ3) is 3.07. The third-order valence-electron chi connectivity index (χ3n) is 4.83. The first kappa shape index (κ1) is 15.5. The summed E-state index contributed by atoms with van der Waals surface area (Å²) in [5.74, 6) is 0. The minimum absolute atomic E-state index is 0.395. The predicted octanol–water partition coefficient (Wildman–Crippen LogP) is 3.67. The zero-order valence-corrected chi connectivity index (χ0v) is 13.1. The van der Waals surface area contributed by atoms with Crippen LogP contribution in [0.15, 0.2) is 18.2 Å². The summed E-state index contributed by atoms with van der Waals surface area (Å²) < 4.78 is 5.90. The standard InChI is InChI=1S/C18H28O2/c1-4-18(5-2,20-6-3)17(19)13-14-10-11-15-8-7-9-16(15)12-14/h10-12,17,19H,4-9,13H2,1-3H3. The number of aliphatic hydroxyl groups is 1. The average Bonchev–Trinajstić information content (AvgIpc) is 2.92. The molecule has 0 aromatic heterocycles. The number of hydrogen-bond donors (Lipinski definition) is 1. The van der Waals surface area contributed by atoms with Crippen LogP contribution < -0.4 is 0 Å². The fourth-order valence-electron chi connectivity index (χ4n) is 3.47. The smallest absolute Gasteiger partial charge is 0.0938 e. The van der Waals surface area contributed by atoms with E-state index in [0.29, 0.717) is 13.0 Å². The molecular weight excluding hydrogens is 248 g/mol. The summed E-state index contributed by atoms with van der Waals surface area (Å²) in [6.45, 7) is 6.86. The second-order valence-electron chi connectivity index (χ2n) is 5.88. The van der Waals surface area contributed by atoms with Gasteiger partial charge in [-0.25, -0.2) is 0 Å². The van der Waals surface area contributed by atoms with Crippen molar-refractivity contribution >= 4 is 0 Å². The lowest BCUT2D eigenvalue weighted by Crippen LogP contribution is -2.45. The molecule has 1 aromatic carbocycles. The molecule has 0 saturated carbocycles. The summed E-state index contributed by atoms with van der Waals surface area (Å²) in [5, 5.41) is 10.7. The Balaban J connectivity index is 2.11. The maximum Gasteiger partial charge on any atom is 0.0938 e. The average molecular weight is 276 g/mol. The lowest BCUT2D eigenvalue weighted by atomic mass is 9.86. The Hall–Kier alpha value is -0.860. The summed E-state index contributed by atoms with van der Waals surface area (Å²) in [5.41, 5.74) is 3.81. The molecule has 1 N–H and O–H groups in total. The van der Waals surface area contributed by atoms with Crippen molar-refractivity contribution in [1.29, 1.82) is 0 Å². The molecule has 0 amide bonds. The highest BCUT2D eigenvalue weighted by atomic mass is 16.5. The van der Waals surface area contributed by atoms with Gasteiger partial charge < -0.3 is 9.84 Å².